The van der Waals surface area contributed by atoms with Gasteiger partial charge in [-0.25, -0.2) is 14.8 Å². The minimum absolute atomic E-state index is 0.213. The lowest BCUT2D eigenvalue weighted by molar-refractivity contribution is 0.0953. The summed E-state index contributed by atoms with van der Waals surface area (Å²) >= 11 is 1.32. The molecule has 3 aromatic rings. The molecule has 2 heterocycles. The maximum atomic E-state index is 13.0. The van der Waals surface area contributed by atoms with Gasteiger partial charge in [0.15, 0.2) is 10.9 Å². The number of hydrazone groups is 1. The largest absolute Gasteiger partial charge is 0.455 e. The zero-order valence-electron chi connectivity index (χ0n) is 15.5. The van der Waals surface area contributed by atoms with Gasteiger partial charge in [0.25, 0.3) is 11.8 Å². The molecule has 2 amide bonds. The van der Waals surface area contributed by atoms with Gasteiger partial charge >= 0.3 is 0 Å². The fraction of sp³-hybridized carbons (Fsp3) is 0.200. The first-order valence-electron chi connectivity index (χ1n) is 8.99. The van der Waals surface area contributed by atoms with E-state index in [1.807, 2.05) is 0 Å². The van der Waals surface area contributed by atoms with E-state index in [-0.39, 0.29) is 11.7 Å². The Morgan fingerprint density at radius 1 is 1.21 bits per heavy atom. The van der Waals surface area contributed by atoms with Crippen molar-refractivity contribution in [3.63, 3.8) is 0 Å². The molecule has 0 atom stereocenters. The molecule has 9 heteroatoms. The minimum Gasteiger partial charge on any atom is -0.455 e. The number of nitrogens with zero attached hydrogens (tertiary/aromatic N) is 2. The Hall–Kier alpha value is -3.33. The highest BCUT2D eigenvalue weighted by Crippen LogP contribution is 2.30. The fourth-order valence-electron chi connectivity index (χ4n) is 3.22. The smallest absolute Gasteiger partial charge is 0.293 e. The van der Waals surface area contributed by atoms with E-state index in [9.17, 15) is 14.0 Å². The van der Waals surface area contributed by atoms with Gasteiger partial charge in [-0.2, -0.15) is 5.10 Å². The zero-order chi connectivity index (χ0) is 20.4. The first kappa shape index (κ1) is 19.0. The molecule has 2 N–H and O–H groups in total. The zero-order valence-corrected chi connectivity index (χ0v) is 16.3. The molecule has 7 nitrogen and oxygen atoms in total. The second-order valence-electron chi connectivity index (χ2n) is 6.51. The number of rotatable bonds is 4. The number of aryl methyl sites for hydroxylation is 1. The number of hydrogen-bond donors (Lipinski definition) is 2. The van der Waals surface area contributed by atoms with Gasteiger partial charge < -0.3 is 4.42 Å². The molecule has 29 heavy (non-hydrogen) atoms. The van der Waals surface area contributed by atoms with Crippen molar-refractivity contribution in [1.82, 2.24) is 10.4 Å². The summed E-state index contributed by atoms with van der Waals surface area (Å²) in [6.45, 7) is 1.79. The van der Waals surface area contributed by atoms with Crippen LogP contribution in [0.3, 0.4) is 0 Å². The minimum atomic E-state index is -0.437. The average molecular weight is 412 g/mol. The Morgan fingerprint density at radius 2 is 2.00 bits per heavy atom. The number of thiazole rings is 1. The van der Waals surface area contributed by atoms with E-state index >= 15 is 0 Å². The van der Waals surface area contributed by atoms with E-state index in [0.717, 1.165) is 12.0 Å². The van der Waals surface area contributed by atoms with Crippen LogP contribution >= 0.6 is 11.3 Å². The highest BCUT2D eigenvalue weighted by atomic mass is 32.1. The van der Waals surface area contributed by atoms with E-state index in [2.05, 4.69) is 20.8 Å². The number of hydrogen-bond acceptors (Lipinski definition) is 6. The Morgan fingerprint density at radius 3 is 2.72 bits per heavy atom. The number of anilines is 1. The van der Waals surface area contributed by atoms with Gasteiger partial charge in [-0.05, 0) is 44.0 Å². The maximum Gasteiger partial charge on any atom is 0.293 e. The number of furan rings is 1. The summed E-state index contributed by atoms with van der Waals surface area (Å²) in [6.07, 6.45) is 3.73. The van der Waals surface area contributed by atoms with Gasteiger partial charge in [0.1, 0.15) is 11.6 Å². The third-order valence-electron chi connectivity index (χ3n) is 4.58. The summed E-state index contributed by atoms with van der Waals surface area (Å²) < 4.78 is 18.8. The van der Waals surface area contributed by atoms with Crippen LogP contribution in [0.1, 0.15) is 50.6 Å². The highest BCUT2D eigenvalue weighted by Gasteiger charge is 2.28. The van der Waals surface area contributed by atoms with Crippen LogP contribution in [0.2, 0.25) is 0 Å². The van der Waals surface area contributed by atoms with Crippen molar-refractivity contribution in [2.75, 3.05) is 5.32 Å². The molecule has 0 bridgehead atoms. The van der Waals surface area contributed by atoms with Crippen LogP contribution in [-0.4, -0.2) is 22.5 Å². The van der Waals surface area contributed by atoms with Crippen LogP contribution in [0.4, 0.5) is 9.52 Å². The number of halogens is 1. The van der Waals surface area contributed by atoms with Gasteiger partial charge in [0, 0.05) is 34.7 Å². The average Bonchev–Trinajstić information content (AvgIpc) is 3.35. The molecule has 148 valence electrons. The van der Waals surface area contributed by atoms with E-state index in [4.69, 9.17) is 4.42 Å². The number of fused-ring (bicyclic) bond motifs is 1. The van der Waals surface area contributed by atoms with Gasteiger partial charge in [0.2, 0.25) is 0 Å². The summed E-state index contributed by atoms with van der Waals surface area (Å²) in [6, 6.07) is 5.21. The van der Waals surface area contributed by atoms with Gasteiger partial charge in [-0.1, -0.05) is 0 Å². The second-order valence-corrected chi connectivity index (χ2v) is 7.40. The van der Waals surface area contributed by atoms with Crippen molar-refractivity contribution in [1.29, 1.82) is 0 Å². The molecule has 0 saturated heterocycles. The van der Waals surface area contributed by atoms with E-state index in [1.54, 1.807) is 18.5 Å². The van der Waals surface area contributed by atoms with E-state index in [0.29, 0.717) is 40.6 Å². The first-order valence-corrected chi connectivity index (χ1v) is 9.87. The number of nitrogens with one attached hydrogen (secondary N) is 2. The van der Waals surface area contributed by atoms with Crippen LogP contribution in [0.25, 0.3) is 0 Å². The molecular formula is C20H17FN4O3S. The number of benzene rings is 1. The van der Waals surface area contributed by atoms with Crippen LogP contribution < -0.4 is 10.7 Å². The maximum absolute atomic E-state index is 13.0. The first-order chi connectivity index (χ1) is 14.0. The molecular weight excluding hydrogens is 395 g/mol. The lowest BCUT2D eigenvalue weighted by atomic mass is 9.93. The third kappa shape index (κ3) is 3.95. The quantitative estimate of drug-likeness (QED) is 0.635. The fourth-order valence-corrected chi connectivity index (χ4v) is 3.74. The molecule has 0 aliphatic heterocycles. The number of carbonyl (C=O) groups is 2. The summed E-state index contributed by atoms with van der Waals surface area (Å²) in [7, 11) is 0. The predicted octanol–water partition coefficient (Wildman–Crippen LogP) is 3.91. The standard InChI is InChI=1S/C20H17FN4O3S/c1-11-16-14(24-25-18(26)12-5-7-13(21)8-6-12)3-2-4-15(16)28-17(11)19(27)23-20-22-9-10-29-20/h5-10H,2-4H2,1H3,(H,25,26)(H,22,23,27)/b24-14+. The van der Waals surface area contributed by atoms with Crippen molar-refractivity contribution < 1.29 is 18.4 Å². The van der Waals surface area contributed by atoms with E-state index < -0.39 is 11.7 Å². The predicted molar refractivity (Wildman–Crippen MR) is 107 cm³/mol. The Kier molecular flexibility index (Phi) is 5.22. The molecule has 4 rings (SSSR count). The normalized spacial score (nSPS) is 14.5. The summed E-state index contributed by atoms with van der Waals surface area (Å²) in [5, 5.41) is 9.23. The Balaban J connectivity index is 1.56. The van der Waals surface area contributed by atoms with Crippen LogP contribution in [0, 0.1) is 12.7 Å². The molecule has 2 aromatic heterocycles. The monoisotopic (exact) mass is 412 g/mol. The molecule has 1 aromatic carbocycles. The SMILES string of the molecule is Cc1c(C(=O)Nc2nccs2)oc2c1/C(=N/NC(=O)c1ccc(F)cc1)CCC2. The number of carbonyl (C=O) groups excluding carboxylic acids is 2. The summed E-state index contributed by atoms with van der Waals surface area (Å²) in [5.74, 6) is -0.339. The lowest BCUT2D eigenvalue weighted by Gasteiger charge is -2.13. The highest BCUT2D eigenvalue weighted by molar-refractivity contribution is 7.13. The summed E-state index contributed by atoms with van der Waals surface area (Å²) in [5.41, 5.74) is 4.88. The Bertz CT molecular complexity index is 1090. The molecule has 0 unspecified atom stereocenters. The number of aromatic nitrogens is 1. The van der Waals surface area contributed by atoms with Gasteiger partial charge in [-0.3, -0.25) is 14.9 Å². The molecule has 0 spiro atoms. The van der Waals surface area contributed by atoms with Crippen molar-refractivity contribution in [3.05, 3.63) is 69.9 Å². The Labute approximate surface area is 169 Å². The van der Waals surface area contributed by atoms with Crippen molar-refractivity contribution in [3.8, 4) is 0 Å². The van der Waals surface area contributed by atoms with Crippen molar-refractivity contribution in [2.45, 2.75) is 26.2 Å². The van der Waals surface area contributed by atoms with Crippen molar-refractivity contribution in [2.24, 2.45) is 5.10 Å². The van der Waals surface area contributed by atoms with Crippen LogP contribution in [0.15, 0.2) is 45.4 Å². The van der Waals surface area contributed by atoms with E-state index in [1.165, 1.54) is 35.6 Å². The van der Waals surface area contributed by atoms with Gasteiger partial charge in [0.05, 0.1) is 5.71 Å². The second kappa shape index (κ2) is 7.96. The summed E-state index contributed by atoms with van der Waals surface area (Å²) in [4.78, 5) is 28.9. The molecule has 0 fully saturated rings. The molecule has 0 saturated carbocycles. The topological polar surface area (TPSA) is 96.6 Å². The van der Waals surface area contributed by atoms with Gasteiger partial charge in [-0.15, -0.1) is 11.3 Å². The lowest BCUT2D eigenvalue weighted by Crippen LogP contribution is -2.22. The van der Waals surface area contributed by atoms with Crippen molar-refractivity contribution >= 4 is 34.0 Å². The van der Waals surface area contributed by atoms with Crippen LogP contribution in [-0.2, 0) is 6.42 Å². The third-order valence-corrected chi connectivity index (χ3v) is 5.27. The molecule has 1 aliphatic rings. The number of amides is 2. The molecule has 0 radical (unpaired) electrons. The van der Waals surface area contributed by atoms with Crippen LogP contribution in [0.5, 0.6) is 0 Å². The molecule has 1 aliphatic carbocycles.